The summed E-state index contributed by atoms with van der Waals surface area (Å²) in [6.45, 7) is 6.66. The minimum atomic E-state index is -1.27. The van der Waals surface area contributed by atoms with Crippen LogP contribution in [0.1, 0.15) is 99.3 Å². The number of unbranched alkanes of at least 4 members (excludes halogenated alkanes) is 1. The number of aliphatic hydroxyl groups is 2. The number of nitrogens with one attached hydrogen (secondary N) is 9. The second-order valence-corrected chi connectivity index (χ2v) is 22.1. The Morgan fingerprint density at radius 2 is 1.00 bits per heavy atom. The average Bonchev–Trinajstić information content (AvgIpc) is 3.37. The number of aliphatic carboxylic acids is 1. The molecule has 0 aromatic heterocycles. The topological polar surface area (TPSA) is 473 Å². The lowest BCUT2D eigenvalue weighted by atomic mass is 10.0. The van der Waals surface area contributed by atoms with Crippen LogP contribution in [0.25, 0.3) is 0 Å². The summed E-state index contributed by atoms with van der Waals surface area (Å²) < 4.78 is 0. The number of β-amino-alcohol motifs (C(OH)–C–C–N with tert-alkyl or cyclic N) is 2. The number of carboxylic acids is 1. The Morgan fingerprint density at radius 3 is 1.57 bits per heavy atom. The van der Waals surface area contributed by atoms with Crippen LogP contribution >= 0.6 is 0 Å². The molecule has 32 nitrogen and oxygen atoms in total. The van der Waals surface area contributed by atoms with Gasteiger partial charge >= 0.3 is 5.97 Å². The van der Waals surface area contributed by atoms with Crippen molar-refractivity contribution in [3.63, 3.8) is 0 Å². The molecular weight excluding hydrogens is 1110 g/mol. The van der Waals surface area contributed by atoms with E-state index in [0.29, 0.717) is 32.2 Å². The van der Waals surface area contributed by atoms with Crippen LogP contribution in [0.3, 0.4) is 0 Å². The van der Waals surface area contributed by atoms with Crippen LogP contribution in [0.2, 0.25) is 0 Å². The number of amides is 13. The zero-order chi connectivity index (χ0) is 62.7. The van der Waals surface area contributed by atoms with E-state index < -0.39 is 187 Å². The van der Waals surface area contributed by atoms with Crippen LogP contribution in [0.5, 0.6) is 0 Å². The fraction of sp³-hybridized carbons (Fsp3) is 0.731. The maximum atomic E-state index is 14.0. The van der Waals surface area contributed by atoms with Crippen molar-refractivity contribution in [3.05, 3.63) is 0 Å². The summed E-state index contributed by atoms with van der Waals surface area (Å²) in [7, 11) is 0. The molecule has 0 saturated carbocycles. The maximum absolute atomic E-state index is 14.0. The molecular formula is C52H85N15O17. The third-order valence-electron chi connectivity index (χ3n) is 14.9. The zero-order valence-electron chi connectivity index (χ0n) is 48.4. The molecule has 4 saturated heterocycles. The highest BCUT2D eigenvalue weighted by atomic mass is 16.4. The average molecular weight is 1190 g/mol. The molecule has 32 heteroatoms. The largest absolute Gasteiger partial charge is 0.480 e. The number of hydrogen-bond donors (Lipinski definition) is 14. The normalized spacial score (nSPS) is 22.0. The van der Waals surface area contributed by atoms with Crippen LogP contribution < -0.4 is 59.3 Å². The van der Waals surface area contributed by atoms with Crippen LogP contribution in [0.15, 0.2) is 0 Å². The van der Waals surface area contributed by atoms with E-state index in [1.54, 1.807) is 27.7 Å². The van der Waals surface area contributed by atoms with Gasteiger partial charge in [-0.15, -0.1) is 0 Å². The molecule has 0 unspecified atom stereocenters. The standard InChI is InChI=1S/C52H85N15O17/c1-26(2)42(49(80)58-23-40(73)64-15-9-12-33(64)48(79)60-28(5)44(75)55-21-39(72)61-32(52(83)84)11-7-8-14-53)63-45(76)29(6)59-38(71)20-56-46(77)35-17-30(68)24-66(35)50(81)34-13-10-16-65(34)41(74)22-57-47(78)36-18-31(69)25-67(36)51(82)43(27(3)4)62-37(70)19-54/h26-36,42-43,68-69H,7-25,53-54H2,1-6H3,(H,55,75)(H,56,77)(H,57,78)(H,58,80)(H,59,71)(H,60,79)(H,61,72)(H,62,70)(H,63,76)(H,83,84)/t28-,29-,30+,31+,32-,33-,34-,35-,36-,42-,43-/m0/s1. The summed E-state index contributed by atoms with van der Waals surface area (Å²) in [5.41, 5.74) is 10.9. The minimum absolute atomic E-state index is 0.119. The predicted molar refractivity (Wildman–Crippen MR) is 294 cm³/mol. The molecule has 4 heterocycles. The Kier molecular flexibility index (Phi) is 26.6. The van der Waals surface area contributed by atoms with Gasteiger partial charge in [-0.05, 0) is 77.2 Å². The van der Waals surface area contributed by atoms with E-state index in [0.717, 1.165) is 9.80 Å². The second kappa shape index (κ2) is 32.5. The lowest BCUT2D eigenvalue weighted by Crippen LogP contribution is -2.57. The van der Waals surface area contributed by atoms with Gasteiger partial charge in [-0.1, -0.05) is 27.7 Å². The lowest BCUT2D eigenvalue weighted by molar-refractivity contribution is -0.147. The monoisotopic (exact) mass is 1190 g/mol. The first-order valence-corrected chi connectivity index (χ1v) is 28.4. The van der Waals surface area contributed by atoms with E-state index in [9.17, 15) is 82.4 Å². The molecule has 0 radical (unpaired) electrons. The van der Waals surface area contributed by atoms with Crippen molar-refractivity contribution in [2.45, 2.75) is 166 Å². The fourth-order valence-corrected chi connectivity index (χ4v) is 10.3. The molecule has 4 aliphatic heterocycles. The van der Waals surface area contributed by atoms with Crippen molar-refractivity contribution in [2.24, 2.45) is 23.3 Å². The number of carboxylic acid groups (broad SMARTS) is 1. The van der Waals surface area contributed by atoms with E-state index in [2.05, 4.69) is 47.9 Å². The van der Waals surface area contributed by atoms with Crippen molar-refractivity contribution >= 4 is 82.8 Å². The molecule has 0 bridgehead atoms. The van der Waals surface area contributed by atoms with Crippen molar-refractivity contribution in [2.75, 3.05) is 65.4 Å². The summed E-state index contributed by atoms with van der Waals surface area (Å²) in [5, 5.41) is 52.5. The molecule has 84 heavy (non-hydrogen) atoms. The van der Waals surface area contributed by atoms with Crippen LogP contribution in [-0.2, 0) is 67.1 Å². The molecule has 4 fully saturated rings. The molecule has 0 spiro atoms. The number of aliphatic hydroxyl groups excluding tert-OH is 2. The second-order valence-electron chi connectivity index (χ2n) is 22.1. The summed E-state index contributed by atoms with van der Waals surface area (Å²) in [6.07, 6.45) is -0.136. The van der Waals surface area contributed by atoms with Crippen LogP contribution in [0, 0.1) is 11.8 Å². The molecule has 13 amide bonds. The molecule has 4 aliphatic rings. The van der Waals surface area contributed by atoms with Gasteiger partial charge in [-0.3, -0.25) is 62.3 Å². The zero-order valence-corrected chi connectivity index (χ0v) is 48.4. The van der Waals surface area contributed by atoms with Gasteiger partial charge in [-0.25, -0.2) is 4.79 Å². The van der Waals surface area contributed by atoms with Crippen molar-refractivity contribution < 1.29 is 82.4 Å². The van der Waals surface area contributed by atoms with Gasteiger partial charge < -0.3 is 94.2 Å². The van der Waals surface area contributed by atoms with Gasteiger partial charge in [0.1, 0.15) is 54.4 Å². The lowest BCUT2D eigenvalue weighted by Gasteiger charge is -2.31. The van der Waals surface area contributed by atoms with Gasteiger partial charge in [0.05, 0.1) is 44.9 Å². The Bertz CT molecular complexity index is 2450. The molecule has 0 aromatic rings. The number of rotatable bonds is 29. The molecule has 0 aromatic carbocycles. The smallest absolute Gasteiger partial charge is 0.326 e. The SMILES string of the molecule is CC(C)[C@H](NC(=O)[C@H](C)NC(=O)CNC(=O)[C@@H]1C[C@@H](O)CN1C(=O)[C@@H]1CCCN1C(=O)CNC(=O)[C@@H]1C[C@@H](O)CN1C(=O)[C@@H](NC(=O)CN)C(C)C)C(=O)NCC(=O)N1CCC[C@H]1C(=O)N[C@@H](C)C(=O)NCC(=O)N[C@@H](CCCCN)C(=O)O. The van der Waals surface area contributed by atoms with Gasteiger partial charge in [0.25, 0.3) is 0 Å². The summed E-state index contributed by atoms with van der Waals surface area (Å²) >= 11 is 0. The Labute approximate surface area is 486 Å². The number of hydrogen-bond acceptors (Lipinski definition) is 18. The highest BCUT2D eigenvalue weighted by Gasteiger charge is 2.46. The van der Waals surface area contributed by atoms with Crippen LogP contribution in [-0.4, -0.2) is 250 Å². The van der Waals surface area contributed by atoms with E-state index in [4.69, 9.17) is 11.5 Å². The third kappa shape index (κ3) is 19.5. The first kappa shape index (κ1) is 68.9. The first-order chi connectivity index (χ1) is 39.6. The van der Waals surface area contributed by atoms with Gasteiger partial charge in [0, 0.05) is 39.0 Å². The van der Waals surface area contributed by atoms with Gasteiger partial charge in [0.2, 0.25) is 76.8 Å². The third-order valence-corrected chi connectivity index (χ3v) is 14.9. The van der Waals surface area contributed by atoms with Gasteiger partial charge in [0.15, 0.2) is 0 Å². The summed E-state index contributed by atoms with van der Waals surface area (Å²) in [6, 6.07) is -10.4. The van der Waals surface area contributed by atoms with E-state index >= 15 is 0 Å². The predicted octanol–water partition coefficient (Wildman–Crippen LogP) is -7.70. The Hall–Kier alpha value is -7.58. The number of nitrogens with zero attached hydrogens (tertiary/aromatic N) is 4. The van der Waals surface area contributed by atoms with E-state index in [-0.39, 0.29) is 64.8 Å². The number of nitrogens with two attached hydrogens (primary N) is 2. The minimum Gasteiger partial charge on any atom is -0.480 e. The van der Waals surface area contributed by atoms with Gasteiger partial charge in [-0.2, -0.15) is 0 Å². The molecule has 0 aliphatic carbocycles. The highest BCUT2D eigenvalue weighted by molar-refractivity contribution is 5.99. The fourth-order valence-electron chi connectivity index (χ4n) is 10.3. The molecule has 470 valence electrons. The van der Waals surface area contributed by atoms with Crippen molar-refractivity contribution in [3.8, 4) is 0 Å². The molecule has 4 rings (SSSR count). The first-order valence-electron chi connectivity index (χ1n) is 28.4. The van der Waals surface area contributed by atoms with Crippen molar-refractivity contribution in [1.29, 1.82) is 0 Å². The Morgan fingerprint density at radius 1 is 0.500 bits per heavy atom. The quantitative estimate of drug-likeness (QED) is 0.0309. The summed E-state index contributed by atoms with van der Waals surface area (Å²) in [5.74, 6) is -11.5. The Balaban J connectivity index is 1.23. The summed E-state index contributed by atoms with van der Waals surface area (Å²) in [4.78, 5) is 188. The molecule has 16 N–H and O–H groups in total. The van der Waals surface area contributed by atoms with Crippen LogP contribution in [0.4, 0.5) is 0 Å². The number of likely N-dealkylation sites (tertiary alicyclic amines) is 4. The number of carbonyl (C=O) groups excluding carboxylic acids is 13. The molecule has 11 atom stereocenters. The number of carbonyl (C=O) groups is 14. The van der Waals surface area contributed by atoms with Crippen molar-refractivity contribution in [1.82, 2.24) is 67.5 Å². The maximum Gasteiger partial charge on any atom is 0.326 e. The highest BCUT2D eigenvalue weighted by Crippen LogP contribution is 2.26. The van der Waals surface area contributed by atoms with E-state index in [1.807, 2.05) is 0 Å². The van der Waals surface area contributed by atoms with E-state index in [1.165, 1.54) is 23.6 Å².